The molecule has 4 bridgehead atoms. The molecule has 0 saturated heterocycles. The van der Waals surface area contributed by atoms with Gasteiger partial charge >= 0.3 is 0 Å². The van der Waals surface area contributed by atoms with Gasteiger partial charge in [-0.25, -0.2) is 0 Å². The molecule has 4 fully saturated rings. The molecule has 182 valence electrons. The Morgan fingerprint density at radius 2 is 1.66 bits per heavy atom. The zero-order valence-electron chi connectivity index (χ0n) is 21.0. The Hall–Kier alpha value is -2.88. The first-order valence-corrected chi connectivity index (χ1v) is 13.2. The Bertz CT molecular complexity index is 1320. The number of carbonyl (C=O) groups excluding carboxylic acids is 1. The highest BCUT2D eigenvalue weighted by molar-refractivity contribution is 6.02. The lowest BCUT2D eigenvalue weighted by Gasteiger charge is -2.65. The fraction of sp³-hybridized carbons (Fsp3) is 0.484. The van der Waals surface area contributed by atoms with Crippen molar-refractivity contribution in [1.82, 2.24) is 4.57 Å². The Morgan fingerprint density at radius 1 is 0.914 bits per heavy atom. The predicted molar refractivity (Wildman–Crippen MR) is 141 cm³/mol. The van der Waals surface area contributed by atoms with Crippen molar-refractivity contribution in [3.8, 4) is 0 Å². The fourth-order valence-corrected chi connectivity index (χ4v) is 8.91. The van der Waals surface area contributed by atoms with Crippen LogP contribution in [0.2, 0.25) is 0 Å². The maximum atomic E-state index is 13.4. The lowest BCUT2D eigenvalue weighted by Crippen LogP contribution is -2.55. The van der Waals surface area contributed by atoms with Crippen molar-refractivity contribution in [3.05, 3.63) is 76.7 Å². The third-order valence-electron chi connectivity index (χ3n) is 9.05. The molecule has 0 aliphatic heterocycles. The summed E-state index contributed by atoms with van der Waals surface area (Å²) in [5, 5.41) is 4.69. The average Bonchev–Trinajstić information content (AvgIpc) is 2.77. The molecule has 2 atom stereocenters. The predicted octanol–water partition coefficient (Wildman–Crippen LogP) is 6.57. The first kappa shape index (κ1) is 22.6. The standard InChI is InChI=1S/C31H36N2O2/c1-29-15-23-16-30(2,19-29)21-31(17-23,20-29)18-27(34)32-26-10-6-9-25-24(26)12-14-33(28(25)35)13-11-22-7-4-3-5-8-22/h3-10,12,14,23H,11,13,15-21H2,1-2H3,(H,32,34). The van der Waals surface area contributed by atoms with Crippen molar-refractivity contribution in [3.63, 3.8) is 0 Å². The SMILES string of the molecule is CC12CC3CC(C)(C1)CC(CC(=O)Nc1cccc4c(=O)n(CCc5ccccc5)ccc14)(C3)C2. The van der Waals surface area contributed by atoms with E-state index in [1.54, 1.807) is 4.57 Å². The summed E-state index contributed by atoms with van der Waals surface area (Å²) in [4.78, 5) is 26.6. The van der Waals surface area contributed by atoms with Gasteiger partial charge in [-0.2, -0.15) is 0 Å². The summed E-state index contributed by atoms with van der Waals surface area (Å²) in [6, 6.07) is 17.9. The molecular formula is C31H36N2O2. The monoisotopic (exact) mass is 468 g/mol. The van der Waals surface area contributed by atoms with Gasteiger partial charge in [0.25, 0.3) is 5.56 Å². The zero-order chi connectivity index (χ0) is 24.3. The second-order valence-corrected chi connectivity index (χ2v) is 12.7. The minimum atomic E-state index is -0.00327. The summed E-state index contributed by atoms with van der Waals surface area (Å²) >= 11 is 0. The van der Waals surface area contributed by atoms with Crippen LogP contribution in [0.5, 0.6) is 0 Å². The van der Waals surface area contributed by atoms with Gasteiger partial charge in [0, 0.05) is 35.6 Å². The van der Waals surface area contributed by atoms with Crippen molar-refractivity contribution >= 4 is 22.4 Å². The van der Waals surface area contributed by atoms with E-state index in [-0.39, 0.29) is 16.9 Å². The summed E-state index contributed by atoms with van der Waals surface area (Å²) in [5.41, 5.74) is 2.91. The Kier molecular flexibility index (Phi) is 5.21. The number of aryl methyl sites for hydroxylation is 2. The van der Waals surface area contributed by atoms with Crippen molar-refractivity contribution < 1.29 is 4.79 Å². The van der Waals surface area contributed by atoms with E-state index in [9.17, 15) is 9.59 Å². The van der Waals surface area contributed by atoms with Gasteiger partial charge in [0.15, 0.2) is 0 Å². The Balaban J connectivity index is 1.21. The number of anilines is 1. The fourth-order valence-electron chi connectivity index (χ4n) is 8.91. The Morgan fingerprint density at radius 3 is 2.37 bits per heavy atom. The van der Waals surface area contributed by atoms with Crippen molar-refractivity contribution in [2.45, 2.75) is 71.8 Å². The number of amides is 1. The van der Waals surface area contributed by atoms with Gasteiger partial charge in [-0.1, -0.05) is 50.2 Å². The van der Waals surface area contributed by atoms with E-state index < -0.39 is 0 Å². The zero-order valence-corrected chi connectivity index (χ0v) is 21.0. The molecule has 2 unspecified atom stereocenters. The molecule has 1 heterocycles. The number of hydrogen-bond donors (Lipinski definition) is 1. The van der Waals surface area contributed by atoms with Gasteiger partial charge in [0.05, 0.1) is 0 Å². The number of fused-ring (bicyclic) bond motifs is 1. The molecular weight excluding hydrogens is 432 g/mol. The molecule has 1 N–H and O–H groups in total. The molecule has 3 aromatic rings. The van der Waals surface area contributed by atoms with E-state index in [2.05, 4.69) is 31.3 Å². The van der Waals surface area contributed by atoms with Crippen LogP contribution in [0, 0.1) is 22.2 Å². The minimum Gasteiger partial charge on any atom is -0.325 e. The summed E-state index contributed by atoms with van der Waals surface area (Å²) in [6.07, 6.45) is 10.8. The summed E-state index contributed by atoms with van der Waals surface area (Å²) in [7, 11) is 0. The van der Waals surface area contributed by atoms with Gasteiger partial charge in [0.1, 0.15) is 0 Å². The van der Waals surface area contributed by atoms with Crippen LogP contribution >= 0.6 is 0 Å². The molecule has 0 radical (unpaired) electrons. The molecule has 4 saturated carbocycles. The third kappa shape index (κ3) is 4.22. The lowest BCUT2D eigenvalue weighted by atomic mass is 9.40. The molecule has 7 rings (SSSR count). The first-order chi connectivity index (χ1) is 16.7. The number of benzene rings is 2. The minimum absolute atomic E-state index is 0.00327. The summed E-state index contributed by atoms with van der Waals surface area (Å²) in [6.45, 7) is 5.54. The van der Waals surface area contributed by atoms with Crippen LogP contribution in [0.1, 0.15) is 64.4 Å². The molecule has 1 amide bonds. The van der Waals surface area contributed by atoms with Gasteiger partial charge in [-0.3, -0.25) is 9.59 Å². The number of nitrogens with zero attached hydrogens (tertiary/aromatic N) is 1. The molecule has 4 aliphatic carbocycles. The van der Waals surface area contributed by atoms with E-state index in [0.717, 1.165) is 23.4 Å². The van der Waals surface area contributed by atoms with Crippen LogP contribution < -0.4 is 10.9 Å². The number of nitrogens with one attached hydrogen (secondary N) is 1. The smallest absolute Gasteiger partial charge is 0.258 e. The van der Waals surface area contributed by atoms with Gasteiger partial charge < -0.3 is 9.88 Å². The van der Waals surface area contributed by atoms with E-state index in [4.69, 9.17) is 0 Å². The second-order valence-electron chi connectivity index (χ2n) is 12.7. The van der Waals surface area contributed by atoms with Gasteiger partial charge in [-0.05, 0) is 90.9 Å². The number of hydrogen-bond acceptors (Lipinski definition) is 2. The summed E-state index contributed by atoms with van der Waals surface area (Å²) < 4.78 is 1.78. The molecule has 35 heavy (non-hydrogen) atoms. The molecule has 0 spiro atoms. The largest absolute Gasteiger partial charge is 0.325 e. The summed E-state index contributed by atoms with van der Waals surface area (Å²) in [5.74, 6) is 0.876. The molecule has 4 nitrogen and oxygen atoms in total. The highest BCUT2D eigenvalue weighted by Gasteiger charge is 2.60. The van der Waals surface area contributed by atoms with E-state index in [0.29, 0.717) is 29.2 Å². The lowest BCUT2D eigenvalue weighted by molar-refractivity contribution is -0.153. The molecule has 1 aromatic heterocycles. The van der Waals surface area contributed by atoms with Crippen molar-refractivity contribution in [2.75, 3.05) is 5.32 Å². The van der Waals surface area contributed by atoms with Gasteiger partial charge in [-0.15, -0.1) is 0 Å². The topological polar surface area (TPSA) is 51.1 Å². The van der Waals surface area contributed by atoms with E-state index >= 15 is 0 Å². The van der Waals surface area contributed by atoms with Gasteiger partial charge in [0.2, 0.25) is 5.91 Å². The molecule has 4 heteroatoms. The number of carbonyl (C=O) groups is 1. The molecule has 4 aliphatic rings. The van der Waals surface area contributed by atoms with Crippen molar-refractivity contribution in [2.24, 2.45) is 22.2 Å². The molecule has 2 aromatic carbocycles. The normalized spacial score (nSPS) is 31.1. The van der Waals surface area contributed by atoms with E-state index in [1.807, 2.05) is 48.7 Å². The number of pyridine rings is 1. The van der Waals surface area contributed by atoms with Crippen LogP contribution in [0.4, 0.5) is 5.69 Å². The second kappa shape index (κ2) is 8.08. The highest BCUT2D eigenvalue weighted by atomic mass is 16.1. The van der Waals surface area contributed by atoms with E-state index in [1.165, 1.54) is 44.1 Å². The quantitative estimate of drug-likeness (QED) is 0.445. The van der Waals surface area contributed by atoms with Crippen LogP contribution in [0.3, 0.4) is 0 Å². The third-order valence-corrected chi connectivity index (χ3v) is 9.05. The maximum absolute atomic E-state index is 13.4. The van der Waals surface area contributed by atoms with Crippen LogP contribution in [0.15, 0.2) is 65.6 Å². The van der Waals surface area contributed by atoms with Crippen LogP contribution in [-0.4, -0.2) is 10.5 Å². The maximum Gasteiger partial charge on any atom is 0.258 e. The first-order valence-electron chi connectivity index (χ1n) is 13.2. The van der Waals surface area contributed by atoms with Crippen molar-refractivity contribution in [1.29, 1.82) is 0 Å². The number of rotatable bonds is 6. The van der Waals surface area contributed by atoms with Crippen LogP contribution in [-0.2, 0) is 17.8 Å². The van der Waals surface area contributed by atoms with Crippen LogP contribution in [0.25, 0.3) is 10.8 Å². The number of aromatic nitrogens is 1. The highest BCUT2D eigenvalue weighted by Crippen LogP contribution is 2.70. The Labute approximate surface area is 207 Å². The average molecular weight is 469 g/mol.